The van der Waals surface area contributed by atoms with Crippen molar-refractivity contribution in [2.75, 3.05) is 0 Å². The smallest absolute Gasteiger partial charge is 0.332 e. The van der Waals surface area contributed by atoms with Crippen LogP contribution in [0, 0.1) is 0 Å². The molecule has 0 spiro atoms. The Morgan fingerprint density at radius 1 is 0.971 bits per heavy atom. The molecule has 1 aliphatic heterocycles. The third-order valence-electron chi connectivity index (χ3n) is 6.41. The Balaban J connectivity index is 1.60. The van der Waals surface area contributed by atoms with Gasteiger partial charge in [-0.05, 0) is 17.0 Å². The number of fused-ring (bicyclic) bond motifs is 1. The maximum absolute atomic E-state index is 13.2. The second kappa shape index (κ2) is 8.44. The zero-order valence-electron chi connectivity index (χ0n) is 19.7. The summed E-state index contributed by atoms with van der Waals surface area (Å²) in [5, 5.41) is 4.30. The highest BCUT2D eigenvalue weighted by molar-refractivity contribution is 6.01. The fraction of sp³-hybridized carbons (Fsp3) is 0.308. The summed E-state index contributed by atoms with van der Waals surface area (Å²) in [4.78, 5) is 36.3. The normalized spacial score (nSPS) is 15.7. The van der Waals surface area contributed by atoms with Gasteiger partial charge in [0, 0.05) is 26.1 Å². The van der Waals surface area contributed by atoms with Gasteiger partial charge in [0.15, 0.2) is 17.3 Å². The average Bonchev–Trinajstić information content (AvgIpc) is 3.47. The largest absolute Gasteiger partial charge is 0.390 e. The van der Waals surface area contributed by atoms with E-state index in [0.717, 1.165) is 21.4 Å². The molecule has 1 aliphatic rings. The Bertz CT molecular complexity index is 1510. The molecule has 174 valence electrons. The summed E-state index contributed by atoms with van der Waals surface area (Å²) >= 11 is 0. The molecule has 8 nitrogen and oxygen atoms in total. The monoisotopic (exact) mass is 457 g/mol. The zero-order chi connectivity index (χ0) is 24.0. The molecule has 0 fully saturated rings. The van der Waals surface area contributed by atoms with Gasteiger partial charge in [0.05, 0.1) is 12.3 Å². The Hall–Kier alpha value is -3.94. The van der Waals surface area contributed by atoms with Crippen LogP contribution in [0.1, 0.15) is 37.3 Å². The molecule has 4 aromatic rings. The van der Waals surface area contributed by atoms with Gasteiger partial charge in [-0.3, -0.25) is 13.9 Å². The van der Waals surface area contributed by atoms with Crippen LogP contribution in [0.4, 0.5) is 0 Å². The number of hydrogen-bond donors (Lipinski definition) is 0. The first-order chi connectivity index (χ1) is 16.3. The summed E-state index contributed by atoms with van der Waals surface area (Å²) in [5.41, 5.74) is 3.93. The molecule has 2 aromatic carbocycles. The van der Waals surface area contributed by atoms with Gasteiger partial charge in [-0.25, -0.2) is 9.78 Å². The summed E-state index contributed by atoms with van der Waals surface area (Å²) in [6.07, 6.45) is 0.352. The highest BCUT2D eigenvalue weighted by Crippen LogP contribution is 2.27. The van der Waals surface area contributed by atoms with Gasteiger partial charge in [0.25, 0.3) is 5.56 Å². The van der Waals surface area contributed by atoms with E-state index >= 15 is 0 Å². The van der Waals surface area contributed by atoms with Gasteiger partial charge < -0.3 is 9.40 Å². The average molecular weight is 458 g/mol. The van der Waals surface area contributed by atoms with Crippen molar-refractivity contribution in [1.82, 2.24) is 18.7 Å². The summed E-state index contributed by atoms with van der Waals surface area (Å²) in [7, 11) is 3.12. The molecular formula is C26H27N5O3. The maximum atomic E-state index is 13.2. The summed E-state index contributed by atoms with van der Waals surface area (Å²) in [6, 6.07) is 18.1. The summed E-state index contributed by atoms with van der Waals surface area (Å²) < 4.78 is 4.41. The van der Waals surface area contributed by atoms with Gasteiger partial charge in [-0.15, -0.1) is 0 Å². The molecule has 0 saturated carbocycles. The van der Waals surface area contributed by atoms with Gasteiger partial charge in [-0.1, -0.05) is 73.6 Å². The first-order valence-corrected chi connectivity index (χ1v) is 11.4. The Morgan fingerprint density at radius 3 is 2.35 bits per heavy atom. The van der Waals surface area contributed by atoms with E-state index < -0.39 is 5.69 Å². The lowest BCUT2D eigenvalue weighted by Crippen LogP contribution is -2.37. The van der Waals surface area contributed by atoms with Gasteiger partial charge in [-0.2, -0.15) is 0 Å². The summed E-state index contributed by atoms with van der Waals surface area (Å²) in [6.45, 7) is 4.67. The van der Waals surface area contributed by atoms with E-state index in [1.165, 1.54) is 17.2 Å². The first-order valence-electron chi connectivity index (χ1n) is 11.4. The van der Waals surface area contributed by atoms with Crippen molar-refractivity contribution in [1.29, 1.82) is 0 Å². The first kappa shape index (κ1) is 21.9. The number of aromatic nitrogens is 4. The van der Waals surface area contributed by atoms with Crippen molar-refractivity contribution in [3.63, 3.8) is 0 Å². The third kappa shape index (κ3) is 3.65. The van der Waals surface area contributed by atoms with Crippen LogP contribution in [-0.2, 0) is 25.5 Å². The zero-order valence-corrected chi connectivity index (χ0v) is 19.7. The van der Waals surface area contributed by atoms with Crippen LogP contribution in [0.15, 0.2) is 69.3 Å². The van der Waals surface area contributed by atoms with Crippen LogP contribution in [0.2, 0.25) is 0 Å². The quantitative estimate of drug-likeness (QED) is 0.460. The minimum absolute atomic E-state index is 0.261. The number of hydrogen-bond acceptors (Lipinski definition) is 5. The van der Waals surface area contributed by atoms with Gasteiger partial charge in [0.1, 0.15) is 5.82 Å². The molecule has 2 aromatic heterocycles. The maximum Gasteiger partial charge on any atom is 0.332 e. The van der Waals surface area contributed by atoms with Crippen molar-refractivity contribution in [2.45, 2.75) is 38.8 Å². The molecule has 0 bridgehead atoms. The molecule has 0 radical (unpaired) electrons. The minimum Gasteiger partial charge on any atom is -0.390 e. The van der Waals surface area contributed by atoms with Crippen LogP contribution >= 0.6 is 0 Å². The van der Waals surface area contributed by atoms with Crippen molar-refractivity contribution in [3.05, 3.63) is 86.6 Å². The van der Waals surface area contributed by atoms with Crippen LogP contribution in [0.25, 0.3) is 22.6 Å². The third-order valence-corrected chi connectivity index (χ3v) is 6.41. The van der Waals surface area contributed by atoms with Crippen LogP contribution in [0.3, 0.4) is 0 Å². The van der Waals surface area contributed by atoms with Crippen molar-refractivity contribution in [3.8, 4) is 11.4 Å². The Kier molecular flexibility index (Phi) is 5.43. The Morgan fingerprint density at radius 2 is 1.68 bits per heavy atom. The number of aryl methyl sites for hydroxylation is 1. The summed E-state index contributed by atoms with van der Waals surface area (Å²) in [5.74, 6) is 1.03. The van der Waals surface area contributed by atoms with Crippen molar-refractivity contribution < 1.29 is 4.84 Å². The topological polar surface area (TPSA) is 83.4 Å². The van der Waals surface area contributed by atoms with E-state index in [4.69, 9.17) is 9.82 Å². The van der Waals surface area contributed by atoms with Crippen LogP contribution in [0.5, 0.6) is 0 Å². The molecular weight excluding hydrogens is 430 g/mol. The SMILES string of the molecule is CC(C)c1ccc(-c2nc3c(c(=O)n(C)c(=O)n3C)n2CC2CC(c3ccccc3)=NO2)cc1. The number of benzene rings is 2. The molecule has 34 heavy (non-hydrogen) atoms. The second-order valence-electron chi connectivity index (χ2n) is 9.04. The number of oxime groups is 1. The van der Waals surface area contributed by atoms with E-state index in [2.05, 4.69) is 31.1 Å². The number of imidazole rings is 1. The molecule has 0 aliphatic carbocycles. The molecule has 5 rings (SSSR count). The van der Waals surface area contributed by atoms with Gasteiger partial charge >= 0.3 is 5.69 Å². The van der Waals surface area contributed by atoms with E-state index in [1.54, 1.807) is 7.05 Å². The molecule has 1 atom stereocenters. The highest BCUT2D eigenvalue weighted by Gasteiger charge is 2.27. The predicted molar refractivity (Wildman–Crippen MR) is 132 cm³/mol. The molecule has 1 unspecified atom stereocenters. The Labute approximate surface area is 196 Å². The van der Waals surface area contributed by atoms with Crippen molar-refractivity contribution in [2.24, 2.45) is 19.3 Å². The van der Waals surface area contributed by atoms with Gasteiger partial charge in [0.2, 0.25) is 0 Å². The van der Waals surface area contributed by atoms with Crippen LogP contribution in [-0.4, -0.2) is 30.5 Å². The fourth-order valence-corrected chi connectivity index (χ4v) is 4.39. The molecule has 0 amide bonds. The fourth-order valence-electron chi connectivity index (χ4n) is 4.39. The number of nitrogens with zero attached hydrogens (tertiary/aromatic N) is 5. The van der Waals surface area contributed by atoms with E-state index in [9.17, 15) is 9.59 Å². The van der Waals surface area contributed by atoms with E-state index in [1.807, 2.05) is 47.0 Å². The van der Waals surface area contributed by atoms with Crippen LogP contribution < -0.4 is 11.2 Å². The lowest BCUT2D eigenvalue weighted by molar-refractivity contribution is 0.0736. The van der Waals surface area contributed by atoms with E-state index in [-0.39, 0.29) is 11.7 Å². The molecule has 3 heterocycles. The van der Waals surface area contributed by atoms with E-state index in [0.29, 0.717) is 35.9 Å². The predicted octanol–water partition coefficient (Wildman–Crippen LogP) is 3.42. The standard InChI is InChI=1S/C26H27N5O3/c1-16(2)17-10-12-19(13-11-17)23-27-24-22(25(32)30(4)26(33)29(24)3)31(23)15-20-14-21(28-34-20)18-8-6-5-7-9-18/h5-13,16,20H,14-15H2,1-4H3. The van der Waals surface area contributed by atoms with Crippen molar-refractivity contribution >= 4 is 16.9 Å². The lowest BCUT2D eigenvalue weighted by Gasteiger charge is -2.14. The number of rotatable bonds is 5. The lowest BCUT2D eigenvalue weighted by atomic mass is 10.0. The second-order valence-corrected chi connectivity index (χ2v) is 9.04. The molecule has 8 heteroatoms. The minimum atomic E-state index is -0.407. The highest BCUT2D eigenvalue weighted by atomic mass is 16.6. The molecule has 0 saturated heterocycles. The molecule has 0 N–H and O–H groups in total.